The number of amides is 1. The summed E-state index contributed by atoms with van der Waals surface area (Å²) < 4.78 is 3.15. The Labute approximate surface area is 157 Å². The predicted molar refractivity (Wildman–Crippen MR) is 103 cm³/mol. The first-order chi connectivity index (χ1) is 12.3. The summed E-state index contributed by atoms with van der Waals surface area (Å²) in [7, 11) is 1.83. The van der Waals surface area contributed by atoms with Crippen LogP contribution in [0, 0.1) is 24.0 Å². The van der Waals surface area contributed by atoms with Gasteiger partial charge in [-0.05, 0) is 26.8 Å². The number of carbonyl (C=O) groups excluding carboxylic acids is 1. The molecule has 3 rings (SSSR count). The molecule has 0 spiro atoms. The molecular formula is C16H17N5O3S2. The molecule has 3 aromatic rings. The highest BCUT2D eigenvalue weighted by atomic mass is 32.2. The van der Waals surface area contributed by atoms with Crippen LogP contribution in [0.1, 0.15) is 18.3 Å². The number of nitro groups is 1. The number of aromatic nitrogens is 3. The monoisotopic (exact) mass is 391 g/mol. The molecule has 1 aromatic carbocycles. The number of aryl methyl sites for hydroxylation is 2. The first-order valence-corrected chi connectivity index (χ1v) is 9.48. The first kappa shape index (κ1) is 18.3. The molecule has 0 saturated carbocycles. The number of non-ortho nitro benzene ring substituents is 1. The minimum absolute atomic E-state index is 0.0334. The Balaban J connectivity index is 1.74. The molecule has 2 aromatic heterocycles. The van der Waals surface area contributed by atoms with E-state index in [1.807, 2.05) is 20.9 Å². The van der Waals surface area contributed by atoms with E-state index in [1.165, 1.54) is 35.2 Å². The van der Waals surface area contributed by atoms with Crippen molar-refractivity contribution in [2.45, 2.75) is 30.4 Å². The van der Waals surface area contributed by atoms with E-state index < -0.39 is 4.92 Å². The van der Waals surface area contributed by atoms with Crippen molar-refractivity contribution >= 4 is 50.6 Å². The minimum Gasteiger partial charge on any atom is -0.322 e. The smallest absolute Gasteiger partial charge is 0.270 e. The maximum Gasteiger partial charge on any atom is 0.270 e. The van der Waals surface area contributed by atoms with Gasteiger partial charge in [-0.3, -0.25) is 19.6 Å². The third-order valence-corrected chi connectivity index (χ3v) is 6.18. The number of hydrogen-bond donors (Lipinski definition) is 1. The molecule has 136 valence electrons. The highest BCUT2D eigenvalue weighted by molar-refractivity contribution is 8.02. The molecule has 0 fully saturated rings. The second-order valence-electron chi connectivity index (χ2n) is 5.81. The number of benzene rings is 1. The number of nitrogens with zero attached hydrogens (tertiary/aromatic N) is 4. The standard InChI is InChI=1S/C16H17N5O3S2/c1-8-14(9(2)20(4)19-8)18-15(22)10(3)25-16-17-12-6-5-11(21(23)24)7-13(12)26-16/h5-7,10H,1-4H3,(H,18,22)/t10-/m0/s1. The number of nitrogens with one attached hydrogen (secondary N) is 1. The van der Waals surface area contributed by atoms with Crippen molar-refractivity contribution in [2.75, 3.05) is 5.32 Å². The zero-order chi connectivity index (χ0) is 19.0. The Kier molecular flexibility index (Phi) is 4.97. The molecule has 26 heavy (non-hydrogen) atoms. The summed E-state index contributed by atoms with van der Waals surface area (Å²) in [6.45, 7) is 5.55. The van der Waals surface area contributed by atoms with Gasteiger partial charge in [-0.15, -0.1) is 11.3 Å². The van der Waals surface area contributed by atoms with Crippen LogP contribution < -0.4 is 5.32 Å². The second kappa shape index (κ2) is 7.04. The maximum atomic E-state index is 12.5. The van der Waals surface area contributed by atoms with Gasteiger partial charge in [0.25, 0.3) is 5.69 Å². The number of nitro benzene ring substituents is 1. The number of thioether (sulfide) groups is 1. The van der Waals surface area contributed by atoms with Crippen LogP contribution in [-0.2, 0) is 11.8 Å². The van der Waals surface area contributed by atoms with Crippen molar-refractivity contribution < 1.29 is 9.72 Å². The van der Waals surface area contributed by atoms with E-state index in [2.05, 4.69) is 15.4 Å². The molecular weight excluding hydrogens is 374 g/mol. The van der Waals surface area contributed by atoms with Crippen molar-refractivity contribution in [3.63, 3.8) is 0 Å². The van der Waals surface area contributed by atoms with E-state index in [4.69, 9.17) is 0 Å². The van der Waals surface area contributed by atoms with Crippen molar-refractivity contribution in [1.29, 1.82) is 0 Å². The van der Waals surface area contributed by atoms with Gasteiger partial charge in [0.1, 0.15) is 0 Å². The van der Waals surface area contributed by atoms with Gasteiger partial charge in [-0.2, -0.15) is 5.10 Å². The van der Waals surface area contributed by atoms with Gasteiger partial charge in [0, 0.05) is 19.2 Å². The van der Waals surface area contributed by atoms with E-state index in [0.717, 1.165) is 21.8 Å². The quantitative estimate of drug-likeness (QED) is 0.404. The molecule has 0 bridgehead atoms. The first-order valence-electron chi connectivity index (χ1n) is 7.79. The van der Waals surface area contributed by atoms with Crippen LogP contribution in [0.2, 0.25) is 0 Å². The van der Waals surface area contributed by atoms with Gasteiger partial charge in [0.05, 0.1) is 37.5 Å². The Morgan fingerprint density at radius 3 is 2.77 bits per heavy atom. The van der Waals surface area contributed by atoms with Crippen LogP contribution in [0.3, 0.4) is 0 Å². The summed E-state index contributed by atoms with van der Waals surface area (Å²) in [4.78, 5) is 27.4. The zero-order valence-electron chi connectivity index (χ0n) is 14.6. The highest BCUT2D eigenvalue weighted by Crippen LogP contribution is 2.34. The molecule has 1 atom stereocenters. The molecule has 0 aliphatic heterocycles. The van der Waals surface area contributed by atoms with Crippen LogP contribution in [0.4, 0.5) is 11.4 Å². The van der Waals surface area contributed by atoms with E-state index in [0.29, 0.717) is 9.86 Å². The Hall–Kier alpha value is -2.46. The molecule has 2 heterocycles. The molecule has 0 aliphatic rings. The molecule has 1 amide bonds. The van der Waals surface area contributed by atoms with Crippen LogP contribution >= 0.6 is 23.1 Å². The van der Waals surface area contributed by atoms with Gasteiger partial charge >= 0.3 is 0 Å². The van der Waals surface area contributed by atoms with Gasteiger partial charge < -0.3 is 5.32 Å². The lowest BCUT2D eigenvalue weighted by molar-refractivity contribution is -0.384. The molecule has 0 saturated heterocycles. The molecule has 0 unspecified atom stereocenters. The fourth-order valence-corrected chi connectivity index (χ4v) is 4.68. The number of fused-ring (bicyclic) bond motifs is 1. The highest BCUT2D eigenvalue weighted by Gasteiger charge is 2.20. The van der Waals surface area contributed by atoms with Gasteiger partial charge in [-0.1, -0.05) is 11.8 Å². The summed E-state index contributed by atoms with van der Waals surface area (Å²) in [6, 6.07) is 4.56. The molecule has 10 heteroatoms. The number of rotatable bonds is 5. The lowest BCUT2D eigenvalue weighted by atomic mass is 10.3. The number of anilines is 1. The van der Waals surface area contributed by atoms with E-state index in [9.17, 15) is 14.9 Å². The third-order valence-electron chi connectivity index (χ3n) is 3.97. The van der Waals surface area contributed by atoms with Crippen LogP contribution in [0.5, 0.6) is 0 Å². The maximum absolute atomic E-state index is 12.5. The average Bonchev–Trinajstić information content (AvgIpc) is 3.09. The molecule has 1 N–H and O–H groups in total. The number of carbonyl (C=O) groups is 1. The zero-order valence-corrected chi connectivity index (χ0v) is 16.3. The normalized spacial score (nSPS) is 12.3. The fourth-order valence-electron chi connectivity index (χ4n) is 2.44. The van der Waals surface area contributed by atoms with Gasteiger partial charge in [0.15, 0.2) is 4.34 Å². The van der Waals surface area contributed by atoms with Gasteiger partial charge in [-0.25, -0.2) is 4.98 Å². The van der Waals surface area contributed by atoms with Crippen LogP contribution in [0.25, 0.3) is 10.2 Å². The SMILES string of the molecule is Cc1nn(C)c(C)c1NC(=O)[C@H](C)Sc1nc2ccc([N+](=O)[O-])cc2s1. The summed E-state index contributed by atoms with van der Waals surface area (Å²) in [5, 5.41) is 17.7. The fraction of sp³-hybridized carbons (Fsp3) is 0.312. The topological polar surface area (TPSA) is 103 Å². The summed E-state index contributed by atoms with van der Waals surface area (Å²) in [5.41, 5.74) is 3.11. The Morgan fingerprint density at radius 1 is 1.42 bits per heavy atom. The van der Waals surface area contributed by atoms with Gasteiger partial charge in [0.2, 0.25) is 5.91 Å². The lowest BCUT2D eigenvalue weighted by Crippen LogP contribution is -2.23. The third kappa shape index (κ3) is 3.56. The van der Waals surface area contributed by atoms with E-state index in [1.54, 1.807) is 17.7 Å². The van der Waals surface area contributed by atoms with Crippen molar-refractivity contribution in [3.05, 3.63) is 39.7 Å². The second-order valence-corrected chi connectivity index (χ2v) is 8.43. The lowest BCUT2D eigenvalue weighted by Gasteiger charge is -2.10. The largest absolute Gasteiger partial charge is 0.322 e. The summed E-state index contributed by atoms with van der Waals surface area (Å²) in [6.07, 6.45) is 0. The van der Waals surface area contributed by atoms with Crippen molar-refractivity contribution in [3.8, 4) is 0 Å². The molecule has 0 aliphatic carbocycles. The van der Waals surface area contributed by atoms with Crippen LogP contribution in [0.15, 0.2) is 22.5 Å². The van der Waals surface area contributed by atoms with E-state index in [-0.39, 0.29) is 16.8 Å². The summed E-state index contributed by atoms with van der Waals surface area (Å²) >= 11 is 2.67. The summed E-state index contributed by atoms with van der Waals surface area (Å²) in [5.74, 6) is -0.139. The predicted octanol–water partition coefficient (Wildman–Crippen LogP) is 3.67. The van der Waals surface area contributed by atoms with Crippen molar-refractivity contribution in [2.24, 2.45) is 7.05 Å². The number of hydrogen-bond acceptors (Lipinski definition) is 7. The molecule has 8 nitrogen and oxygen atoms in total. The van der Waals surface area contributed by atoms with Crippen LogP contribution in [-0.4, -0.2) is 30.8 Å². The number of thiazole rings is 1. The minimum atomic E-state index is -0.430. The van der Waals surface area contributed by atoms with Crippen molar-refractivity contribution in [1.82, 2.24) is 14.8 Å². The van der Waals surface area contributed by atoms with E-state index >= 15 is 0 Å². The molecule has 0 radical (unpaired) electrons. The Morgan fingerprint density at radius 2 is 2.15 bits per heavy atom. The average molecular weight is 391 g/mol. The Bertz CT molecular complexity index is 1010.